The number of aldehydes is 1. The number of esters is 1. The molecule has 158 valence electrons. The van der Waals surface area contributed by atoms with E-state index in [4.69, 9.17) is 15.2 Å². The second-order valence-electron chi connectivity index (χ2n) is 7.68. The van der Waals surface area contributed by atoms with Crippen LogP contribution < -0.4 is 5.73 Å². The molecule has 0 amide bonds. The maximum atomic E-state index is 12.8. The first-order valence-corrected chi connectivity index (χ1v) is 10.4. The van der Waals surface area contributed by atoms with E-state index in [1.165, 1.54) is 0 Å². The summed E-state index contributed by atoms with van der Waals surface area (Å²) in [5.74, 6) is -1.42. The van der Waals surface area contributed by atoms with Crippen molar-refractivity contribution >= 4 is 12.3 Å². The van der Waals surface area contributed by atoms with Crippen LogP contribution in [0.15, 0.2) is 78.9 Å². The van der Waals surface area contributed by atoms with Gasteiger partial charge in [0.25, 0.3) is 0 Å². The first-order valence-electron chi connectivity index (χ1n) is 10.4. The van der Waals surface area contributed by atoms with Crippen LogP contribution in [-0.2, 0) is 25.7 Å². The van der Waals surface area contributed by atoms with Crippen LogP contribution in [0.5, 0.6) is 0 Å². The third kappa shape index (κ3) is 4.58. The molecule has 1 aliphatic carbocycles. The highest BCUT2D eigenvalue weighted by Crippen LogP contribution is 2.44. The van der Waals surface area contributed by atoms with Crippen molar-refractivity contribution in [3.8, 4) is 11.1 Å². The van der Waals surface area contributed by atoms with Crippen molar-refractivity contribution in [1.82, 2.24) is 0 Å². The molecule has 1 aliphatic rings. The van der Waals surface area contributed by atoms with Gasteiger partial charge in [-0.2, -0.15) is 0 Å². The summed E-state index contributed by atoms with van der Waals surface area (Å²) < 4.78 is 11.3. The van der Waals surface area contributed by atoms with Gasteiger partial charge in [-0.05, 0) is 27.8 Å². The zero-order chi connectivity index (χ0) is 21.6. The van der Waals surface area contributed by atoms with Crippen molar-refractivity contribution in [2.75, 3.05) is 13.2 Å². The molecule has 3 aromatic rings. The standard InChI is InChI=1S/C26H25NO4/c27-25(14-28)24(16-30-15-18-8-2-1-3-9-18)26(29)31-17-23-21-12-6-4-10-19(21)20-11-5-7-13-22(20)23/h1-14,23-25H,15-17,27H2. The first-order chi connectivity index (χ1) is 15.2. The van der Waals surface area contributed by atoms with Gasteiger partial charge < -0.3 is 20.0 Å². The minimum Gasteiger partial charge on any atom is -0.464 e. The molecule has 0 aliphatic heterocycles. The maximum absolute atomic E-state index is 12.8. The second-order valence-corrected chi connectivity index (χ2v) is 7.68. The number of nitrogens with two attached hydrogens (primary N) is 1. The summed E-state index contributed by atoms with van der Waals surface area (Å²) in [6, 6.07) is 24.9. The van der Waals surface area contributed by atoms with Gasteiger partial charge in [0.05, 0.1) is 19.3 Å². The van der Waals surface area contributed by atoms with Crippen LogP contribution in [0.2, 0.25) is 0 Å². The van der Waals surface area contributed by atoms with E-state index < -0.39 is 17.9 Å². The Labute approximate surface area is 181 Å². The molecule has 2 unspecified atom stereocenters. The number of ether oxygens (including phenoxy) is 2. The van der Waals surface area contributed by atoms with Crippen LogP contribution in [0, 0.1) is 5.92 Å². The van der Waals surface area contributed by atoms with Crippen LogP contribution in [0.1, 0.15) is 22.6 Å². The highest BCUT2D eigenvalue weighted by molar-refractivity contribution is 5.80. The largest absolute Gasteiger partial charge is 0.464 e. The average Bonchev–Trinajstić information content (AvgIpc) is 3.14. The van der Waals surface area contributed by atoms with Crippen LogP contribution in [-0.4, -0.2) is 31.5 Å². The third-order valence-electron chi connectivity index (χ3n) is 5.69. The van der Waals surface area contributed by atoms with Gasteiger partial charge in [-0.1, -0.05) is 78.9 Å². The lowest BCUT2D eigenvalue weighted by molar-refractivity contribution is -0.153. The summed E-state index contributed by atoms with van der Waals surface area (Å²) >= 11 is 0. The van der Waals surface area contributed by atoms with E-state index in [0.717, 1.165) is 27.8 Å². The Kier molecular flexibility index (Phi) is 6.55. The molecule has 2 N–H and O–H groups in total. The first kappa shape index (κ1) is 21.0. The van der Waals surface area contributed by atoms with Crippen LogP contribution >= 0.6 is 0 Å². The van der Waals surface area contributed by atoms with E-state index in [-0.39, 0.29) is 19.1 Å². The molecule has 0 heterocycles. The summed E-state index contributed by atoms with van der Waals surface area (Å²) in [5, 5.41) is 0. The number of carbonyl (C=O) groups excluding carboxylic acids is 2. The number of rotatable bonds is 9. The molecule has 2 atom stereocenters. The van der Waals surface area contributed by atoms with E-state index in [9.17, 15) is 9.59 Å². The molecule has 0 fully saturated rings. The van der Waals surface area contributed by atoms with Gasteiger partial charge in [-0.25, -0.2) is 0 Å². The molecule has 0 saturated heterocycles. The van der Waals surface area contributed by atoms with Gasteiger partial charge in [0.1, 0.15) is 18.8 Å². The zero-order valence-electron chi connectivity index (χ0n) is 17.1. The predicted octanol–water partition coefficient (Wildman–Crippen LogP) is 3.70. The quantitative estimate of drug-likeness (QED) is 0.426. The fourth-order valence-electron chi connectivity index (χ4n) is 4.02. The zero-order valence-corrected chi connectivity index (χ0v) is 17.1. The molecule has 5 nitrogen and oxygen atoms in total. The fraction of sp³-hybridized carbons (Fsp3) is 0.231. The summed E-state index contributed by atoms with van der Waals surface area (Å²) in [5.41, 5.74) is 11.4. The smallest absolute Gasteiger partial charge is 0.313 e. The number of carbonyl (C=O) groups is 2. The van der Waals surface area contributed by atoms with Crippen molar-refractivity contribution < 1.29 is 19.1 Å². The minimum absolute atomic E-state index is 0.0193. The number of hydrogen-bond acceptors (Lipinski definition) is 5. The Bertz CT molecular complexity index is 1000. The Hall–Kier alpha value is -3.28. The summed E-state index contributed by atoms with van der Waals surface area (Å²) in [4.78, 5) is 24.1. The van der Waals surface area contributed by atoms with Crippen LogP contribution in [0.4, 0.5) is 0 Å². The minimum atomic E-state index is -0.980. The fourth-order valence-corrected chi connectivity index (χ4v) is 4.02. The van der Waals surface area contributed by atoms with Crippen molar-refractivity contribution in [2.24, 2.45) is 11.7 Å². The third-order valence-corrected chi connectivity index (χ3v) is 5.69. The maximum Gasteiger partial charge on any atom is 0.313 e. The molecule has 4 rings (SSSR count). The van der Waals surface area contributed by atoms with E-state index in [2.05, 4.69) is 24.3 Å². The van der Waals surface area contributed by atoms with Crippen molar-refractivity contribution in [2.45, 2.75) is 18.6 Å². The van der Waals surface area contributed by atoms with Crippen molar-refractivity contribution in [3.63, 3.8) is 0 Å². The normalized spacial score (nSPS) is 14.4. The lowest BCUT2D eigenvalue weighted by Gasteiger charge is -2.21. The van der Waals surface area contributed by atoms with E-state index >= 15 is 0 Å². The van der Waals surface area contributed by atoms with Crippen LogP contribution in [0.3, 0.4) is 0 Å². The molecular formula is C26H25NO4. The van der Waals surface area contributed by atoms with Gasteiger partial charge in [0, 0.05) is 5.92 Å². The van der Waals surface area contributed by atoms with Gasteiger partial charge >= 0.3 is 5.97 Å². The van der Waals surface area contributed by atoms with Crippen molar-refractivity contribution in [1.29, 1.82) is 0 Å². The Morgan fingerprint density at radius 1 is 0.903 bits per heavy atom. The van der Waals surface area contributed by atoms with Crippen LogP contribution in [0.25, 0.3) is 11.1 Å². The highest BCUT2D eigenvalue weighted by atomic mass is 16.5. The molecule has 3 aromatic carbocycles. The predicted molar refractivity (Wildman–Crippen MR) is 118 cm³/mol. The van der Waals surface area contributed by atoms with Gasteiger partial charge in [-0.15, -0.1) is 0 Å². The Balaban J connectivity index is 1.42. The summed E-state index contributed by atoms with van der Waals surface area (Å²) in [7, 11) is 0. The number of benzene rings is 3. The highest BCUT2D eigenvalue weighted by Gasteiger charge is 2.32. The summed E-state index contributed by atoms with van der Waals surface area (Å²) in [6.07, 6.45) is 0.567. The molecule has 0 radical (unpaired) electrons. The monoisotopic (exact) mass is 415 g/mol. The molecule has 0 spiro atoms. The lowest BCUT2D eigenvalue weighted by atomic mass is 9.98. The average molecular weight is 415 g/mol. The molecule has 31 heavy (non-hydrogen) atoms. The van der Waals surface area contributed by atoms with Gasteiger partial charge in [0.15, 0.2) is 0 Å². The SMILES string of the molecule is NC(C=O)C(COCc1ccccc1)C(=O)OCC1c2ccccc2-c2ccccc21. The van der Waals surface area contributed by atoms with E-state index in [1.807, 2.05) is 54.6 Å². The van der Waals surface area contributed by atoms with Gasteiger partial charge in [-0.3, -0.25) is 4.79 Å². The van der Waals surface area contributed by atoms with E-state index in [1.54, 1.807) is 0 Å². The second kappa shape index (κ2) is 9.69. The van der Waals surface area contributed by atoms with Crippen molar-refractivity contribution in [3.05, 3.63) is 95.6 Å². The molecule has 0 aromatic heterocycles. The molecule has 0 bridgehead atoms. The molecular weight excluding hydrogens is 390 g/mol. The number of fused-ring (bicyclic) bond motifs is 3. The van der Waals surface area contributed by atoms with Gasteiger partial charge in [0.2, 0.25) is 0 Å². The number of hydrogen-bond donors (Lipinski definition) is 1. The van der Waals surface area contributed by atoms with E-state index in [0.29, 0.717) is 12.9 Å². The molecule has 5 heteroatoms. The Morgan fingerprint density at radius 3 is 2.10 bits per heavy atom. The topological polar surface area (TPSA) is 78.6 Å². The Morgan fingerprint density at radius 2 is 1.48 bits per heavy atom. The lowest BCUT2D eigenvalue weighted by Crippen LogP contribution is -2.41. The molecule has 0 saturated carbocycles. The summed E-state index contributed by atoms with van der Waals surface area (Å²) in [6.45, 7) is 0.540.